The summed E-state index contributed by atoms with van der Waals surface area (Å²) in [7, 11) is 0. The summed E-state index contributed by atoms with van der Waals surface area (Å²) >= 11 is 1.86. The smallest absolute Gasteiger partial charge is 0.138 e. The van der Waals surface area contributed by atoms with Crippen molar-refractivity contribution < 1.29 is 0 Å². The molecule has 0 amide bonds. The molecule has 0 fully saturated rings. The Hall–Kier alpha value is -0.570. The lowest BCUT2D eigenvalue weighted by Crippen LogP contribution is -2.00. The fraction of sp³-hybridized carbons (Fsp3) is 0.636. The molecule has 0 aromatic carbocycles. The third kappa shape index (κ3) is 3.29. The van der Waals surface area contributed by atoms with Gasteiger partial charge in [0.15, 0.2) is 0 Å². The molecule has 0 atom stereocenters. The second kappa shape index (κ2) is 6.02. The standard InChI is InChI=1S/C11H18N2S/c1-4-6-10-7-12-11(8-14-5-2)13-9(10)3/h7H,4-6,8H2,1-3H3. The van der Waals surface area contributed by atoms with Crippen LogP contribution in [0.15, 0.2) is 6.20 Å². The maximum Gasteiger partial charge on any atom is 0.138 e. The molecule has 78 valence electrons. The van der Waals surface area contributed by atoms with Crippen LogP contribution in [0.2, 0.25) is 0 Å². The lowest BCUT2D eigenvalue weighted by molar-refractivity contribution is 0.866. The quantitative estimate of drug-likeness (QED) is 0.747. The molecule has 0 N–H and O–H groups in total. The first kappa shape index (κ1) is 11.5. The number of aryl methyl sites for hydroxylation is 2. The summed E-state index contributed by atoms with van der Waals surface area (Å²) in [6, 6.07) is 0. The molecular formula is C11H18N2S. The normalized spacial score (nSPS) is 10.5. The van der Waals surface area contributed by atoms with E-state index in [1.807, 2.05) is 18.0 Å². The third-order valence-electron chi connectivity index (χ3n) is 2.09. The molecule has 0 spiro atoms. The van der Waals surface area contributed by atoms with E-state index in [4.69, 9.17) is 0 Å². The van der Waals surface area contributed by atoms with Crippen LogP contribution in [-0.4, -0.2) is 15.7 Å². The fourth-order valence-electron chi connectivity index (χ4n) is 1.32. The maximum atomic E-state index is 4.50. The van der Waals surface area contributed by atoms with Crippen molar-refractivity contribution in [1.82, 2.24) is 9.97 Å². The zero-order valence-electron chi connectivity index (χ0n) is 9.21. The van der Waals surface area contributed by atoms with Crippen LogP contribution in [0, 0.1) is 6.92 Å². The zero-order chi connectivity index (χ0) is 10.4. The zero-order valence-corrected chi connectivity index (χ0v) is 10.0. The Bertz CT molecular complexity index is 287. The van der Waals surface area contributed by atoms with Crippen molar-refractivity contribution in [2.24, 2.45) is 0 Å². The molecule has 0 aliphatic rings. The van der Waals surface area contributed by atoms with Gasteiger partial charge in [0, 0.05) is 11.9 Å². The van der Waals surface area contributed by atoms with Crippen molar-refractivity contribution in [2.45, 2.75) is 39.4 Å². The molecule has 1 aromatic rings. The molecule has 3 heteroatoms. The minimum Gasteiger partial charge on any atom is -0.240 e. The van der Waals surface area contributed by atoms with Crippen molar-refractivity contribution in [2.75, 3.05) is 5.75 Å². The molecular weight excluding hydrogens is 192 g/mol. The summed E-state index contributed by atoms with van der Waals surface area (Å²) in [4.78, 5) is 8.86. The van der Waals surface area contributed by atoms with Gasteiger partial charge in [0.05, 0.1) is 5.75 Å². The van der Waals surface area contributed by atoms with Crippen molar-refractivity contribution in [3.63, 3.8) is 0 Å². The second-order valence-corrected chi connectivity index (χ2v) is 4.56. The average Bonchev–Trinajstić information content (AvgIpc) is 2.19. The van der Waals surface area contributed by atoms with Gasteiger partial charge < -0.3 is 0 Å². The minimum absolute atomic E-state index is 0.934. The van der Waals surface area contributed by atoms with Crippen LogP contribution in [0.5, 0.6) is 0 Å². The van der Waals surface area contributed by atoms with E-state index in [2.05, 4.69) is 30.7 Å². The van der Waals surface area contributed by atoms with E-state index in [0.717, 1.165) is 35.9 Å². The van der Waals surface area contributed by atoms with Crippen molar-refractivity contribution >= 4 is 11.8 Å². The first-order valence-electron chi connectivity index (χ1n) is 5.17. The summed E-state index contributed by atoms with van der Waals surface area (Å²) in [5, 5.41) is 0. The van der Waals surface area contributed by atoms with Crippen LogP contribution >= 0.6 is 11.8 Å². The topological polar surface area (TPSA) is 25.8 Å². The predicted octanol–water partition coefficient (Wildman–Crippen LogP) is 2.99. The summed E-state index contributed by atoms with van der Waals surface area (Å²) in [6.07, 6.45) is 4.23. The Morgan fingerprint density at radius 3 is 2.71 bits per heavy atom. The van der Waals surface area contributed by atoms with E-state index >= 15 is 0 Å². The van der Waals surface area contributed by atoms with Crippen LogP contribution in [0.1, 0.15) is 37.4 Å². The highest BCUT2D eigenvalue weighted by atomic mass is 32.2. The van der Waals surface area contributed by atoms with Gasteiger partial charge in [-0.2, -0.15) is 11.8 Å². The first-order chi connectivity index (χ1) is 6.77. The lowest BCUT2D eigenvalue weighted by atomic mass is 10.1. The fourth-order valence-corrected chi connectivity index (χ4v) is 1.84. The SMILES string of the molecule is CCCc1cnc(CSCC)nc1C. The number of hydrogen-bond acceptors (Lipinski definition) is 3. The van der Waals surface area contributed by atoms with E-state index in [0.29, 0.717) is 0 Å². The van der Waals surface area contributed by atoms with Gasteiger partial charge in [0.2, 0.25) is 0 Å². The van der Waals surface area contributed by atoms with Gasteiger partial charge in [-0.15, -0.1) is 0 Å². The van der Waals surface area contributed by atoms with E-state index in [9.17, 15) is 0 Å². The van der Waals surface area contributed by atoms with Crippen molar-refractivity contribution in [1.29, 1.82) is 0 Å². The van der Waals surface area contributed by atoms with Gasteiger partial charge in [-0.1, -0.05) is 20.3 Å². The molecule has 0 aliphatic carbocycles. The molecule has 0 saturated carbocycles. The number of thioether (sulfide) groups is 1. The second-order valence-electron chi connectivity index (χ2n) is 3.28. The van der Waals surface area contributed by atoms with E-state index in [1.54, 1.807) is 0 Å². The predicted molar refractivity (Wildman–Crippen MR) is 62.6 cm³/mol. The maximum absolute atomic E-state index is 4.50. The molecule has 2 nitrogen and oxygen atoms in total. The number of aromatic nitrogens is 2. The highest BCUT2D eigenvalue weighted by Crippen LogP contribution is 2.11. The molecule has 0 radical (unpaired) electrons. The molecule has 0 bridgehead atoms. The first-order valence-corrected chi connectivity index (χ1v) is 6.32. The van der Waals surface area contributed by atoms with Crippen LogP contribution in [0.25, 0.3) is 0 Å². The van der Waals surface area contributed by atoms with Gasteiger partial charge in [-0.3, -0.25) is 0 Å². The summed E-state index contributed by atoms with van der Waals surface area (Å²) in [5.41, 5.74) is 2.44. The number of rotatable bonds is 5. The van der Waals surface area contributed by atoms with Gasteiger partial charge in [0.1, 0.15) is 5.82 Å². The van der Waals surface area contributed by atoms with E-state index in [-0.39, 0.29) is 0 Å². The van der Waals surface area contributed by atoms with Crippen LogP contribution in [0.3, 0.4) is 0 Å². The summed E-state index contributed by atoms with van der Waals surface area (Å²) in [5.74, 6) is 3.03. The van der Waals surface area contributed by atoms with Crippen molar-refractivity contribution in [3.05, 3.63) is 23.3 Å². The van der Waals surface area contributed by atoms with Crippen LogP contribution in [0.4, 0.5) is 0 Å². The highest BCUT2D eigenvalue weighted by Gasteiger charge is 2.02. The van der Waals surface area contributed by atoms with Crippen molar-refractivity contribution in [3.8, 4) is 0 Å². The number of hydrogen-bond donors (Lipinski definition) is 0. The molecule has 1 aromatic heterocycles. The summed E-state index contributed by atoms with van der Waals surface area (Å²) < 4.78 is 0. The Morgan fingerprint density at radius 2 is 2.14 bits per heavy atom. The molecule has 0 aliphatic heterocycles. The van der Waals surface area contributed by atoms with Gasteiger partial charge in [-0.25, -0.2) is 9.97 Å². The monoisotopic (exact) mass is 210 g/mol. The van der Waals surface area contributed by atoms with Gasteiger partial charge in [-0.05, 0) is 24.7 Å². The third-order valence-corrected chi connectivity index (χ3v) is 2.96. The summed E-state index contributed by atoms with van der Waals surface area (Å²) in [6.45, 7) is 6.41. The van der Waals surface area contributed by atoms with E-state index in [1.165, 1.54) is 5.56 Å². The molecule has 0 unspecified atom stereocenters. The Labute approximate surface area is 90.5 Å². The Balaban J connectivity index is 2.68. The number of nitrogens with zero attached hydrogens (tertiary/aromatic N) is 2. The van der Waals surface area contributed by atoms with E-state index < -0.39 is 0 Å². The molecule has 14 heavy (non-hydrogen) atoms. The van der Waals surface area contributed by atoms with Gasteiger partial charge in [0.25, 0.3) is 0 Å². The Morgan fingerprint density at radius 1 is 1.36 bits per heavy atom. The molecule has 0 saturated heterocycles. The minimum atomic E-state index is 0.934. The molecule has 1 rings (SSSR count). The Kier molecular flexibility index (Phi) is 4.94. The highest BCUT2D eigenvalue weighted by molar-refractivity contribution is 7.98. The lowest BCUT2D eigenvalue weighted by Gasteiger charge is -2.05. The average molecular weight is 210 g/mol. The van der Waals surface area contributed by atoms with Crippen LogP contribution in [-0.2, 0) is 12.2 Å². The molecule has 1 heterocycles. The largest absolute Gasteiger partial charge is 0.240 e. The van der Waals surface area contributed by atoms with Crippen LogP contribution < -0.4 is 0 Å². The van der Waals surface area contributed by atoms with Gasteiger partial charge >= 0.3 is 0 Å².